The summed E-state index contributed by atoms with van der Waals surface area (Å²) in [4.78, 5) is 44.7. The Bertz CT molecular complexity index is 1440. The van der Waals surface area contributed by atoms with E-state index in [1.165, 1.54) is 11.0 Å². The van der Waals surface area contributed by atoms with Gasteiger partial charge in [-0.05, 0) is 59.7 Å². The number of carbonyl (C=O) groups excluding carboxylic acids is 3. The average Bonchev–Trinajstić information content (AvgIpc) is 3.32. The SMILES string of the molecule is O=C(c1ccc(Cl)cc1Cl)[C@@H]1[C@@H]2C(=O)N(c3ccc(Br)cc3)C(=O)[C@@H]2[C@@H]2c3ccccc3C=CN12. The molecule has 0 aliphatic carbocycles. The maximum atomic E-state index is 13.9. The lowest BCUT2D eigenvalue weighted by atomic mass is 9.83. The molecule has 0 N–H and O–H groups in total. The van der Waals surface area contributed by atoms with E-state index in [9.17, 15) is 14.4 Å². The summed E-state index contributed by atoms with van der Waals surface area (Å²) in [5.41, 5.74) is 2.64. The number of benzene rings is 3. The summed E-state index contributed by atoms with van der Waals surface area (Å²) >= 11 is 15.8. The molecule has 0 aromatic heterocycles. The van der Waals surface area contributed by atoms with E-state index in [-0.39, 0.29) is 28.2 Å². The summed E-state index contributed by atoms with van der Waals surface area (Å²) in [5, 5.41) is 0.625. The van der Waals surface area contributed by atoms with Crippen LogP contribution < -0.4 is 4.90 Å². The molecule has 0 unspecified atom stereocenters. The van der Waals surface area contributed by atoms with E-state index in [1.807, 2.05) is 41.4 Å². The summed E-state index contributed by atoms with van der Waals surface area (Å²) in [6.45, 7) is 0. The highest BCUT2D eigenvalue weighted by molar-refractivity contribution is 9.10. The Hall–Kier alpha value is -2.93. The van der Waals surface area contributed by atoms with Gasteiger partial charge in [-0.3, -0.25) is 14.4 Å². The van der Waals surface area contributed by atoms with Crippen LogP contribution in [-0.4, -0.2) is 28.5 Å². The second-order valence-electron chi connectivity index (χ2n) is 8.81. The van der Waals surface area contributed by atoms with Crippen molar-refractivity contribution < 1.29 is 14.4 Å². The quantitative estimate of drug-likeness (QED) is 0.281. The number of hydrogen-bond acceptors (Lipinski definition) is 4. The van der Waals surface area contributed by atoms with Gasteiger partial charge in [-0.15, -0.1) is 0 Å². The van der Waals surface area contributed by atoms with E-state index in [1.54, 1.807) is 36.4 Å². The summed E-state index contributed by atoms with van der Waals surface area (Å²) in [6, 6.07) is 18.1. The predicted octanol–water partition coefficient (Wildman–Crippen LogP) is 6.15. The van der Waals surface area contributed by atoms with E-state index in [0.29, 0.717) is 10.7 Å². The van der Waals surface area contributed by atoms with Crippen molar-refractivity contribution in [1.82, 2.24) is 4.90 Å². The maximum absolute atomic E-state index is 13.9. The van der Waals surface area contributed by atoms with Crippen LogP contribution in [-0.2, 0) is 9.59 Å². The van der Waals surface area contributed by atoms with Crippen LogP contribution in [0.15, 0.2) is 77.4 Å². The molecule has 6 rings (SSSR count). The molecule has 3 aromatic carbocycles. The van der Waals surface area contributed by atoms with Crippen molar-refractivity contribution >= 4 is 68.5 Å². The van der Waals surface area contributed by atoms with Crippen LogP contribution in [0.2, 0.25) is 10.0 Å². The van der Waals surface area contributed by atoms with Crippen LogP contribution in [0.5, 0.6) is 0 Å². The molecular weight excluding hydrogens is 551 g/mol. The van der Waals surface area contributed by atoms with Crippen molar-refractivity contribution in [3.63, 3.8) is 0 Å². The highest BCUT2D eigenvalue weighted by Gasteiger charge is 2.64. The molecule has 2 fully saturated rings. The van der Waals surface area contributed by atoms with Gasteiger partial charge in [0, 0.05) is 21.3 Å². The molecule has 35 heavy (non-hydrogen) atoms. The highest BCUT2D eigenvalue weighted by Crippen LogP contribution is 2.54. The zero-order valence-electron chi connectivity index (χ0n) is 18.1. The molecule has 3 aliphatic rings. The zero-order valence-corrected chi connectivity index (χ0v) is 21.2. The molecule has 3 aliphatic heterocycles. The second kappa shape index (κ2) is 8.33. The zero-order chi connectivity index (χ0) is 24.4. The lowest BCUT2D eigenvalue weighted by Crippen LogP contribution is -2.44. The minimum Gasteiger partial charge on any atom is -0.358 e. The van der Waals surface area contributed by atoms with Crippen molar-refractivity contribution in [2.24, 2.45) is 11.8 Å². The fourth-order valence-electron chi connectivity index (χ4n) is 5.55. The van der Waals surface area contributed by atoms with Crippen molar-refractivity contribution in [3.05, 3.63) is 104 Å². The third-order valence-corrected chi connectivity index (χ3v) is 8.09. The molecule has 3 heterocycles. The van der Waals surface area contributed by atoms with Gasteiger partial charge < -0.3 is 4.90 Å². The molecule has 0 radical (unpaired) electrons. The largest absolute Gasteiger partial charge is 0.358 e. The summed E-state index contributed by atoms with van der Waals surface area (Å²) in [6.07, 6.45) is 3.74. The van der Waals surface area contributed by atoms with Crippen LogP contribution in [0.3, 0.4) is 0 Å². The minimum absolute atomic E-state index is 0.213. The number of Topliss-reactive ketones (excluding diaryl/α,β-unsaturated/α-hetero) is 1. The first kappa shape index (κ1) is 22.5. The second-order valence-corrected chi connectivity index (χ2v) is 10.6. The van der Waals surface area contributed by atoms with Crippen LogP contribution in [0.25, 0.3) is 6.08 Å². The molecule has 0 saturated carbocycles. The van der Waals surface area contributed by atoms with Gasteiger partial charge in [0.1, 0.15) is 6.04 Å². The number of fused-ring (bicyclic) bond motifs is 5. The standard InChI is InChI=1S/C27H17BrCl2N2O3/c28-15-5-8-17(9-6-15)32-26(34)21-22(27(32)35)24(25(33)19-10-7-16(29)13-20(19)30)31-12-11-14-3-1-2-4-18(14)23(21)31/h1-13,21-24H/t21-,22+,23-,24-/m0/s1. The molecule has 3 aromatic rings. The Morgan fingerprint density at radius 1 is 0.886 bits per heavy atom. The van der Waals surface area contributed by atoms with Gasteiger partial charge in [-0.25, -0.2) is 4.90 Å². The van der Waals surface area contributed by atoms with Gasteiger partial charge in [0.15, 0.2) is 5.78 Å². The van der Waals surface area contributed by atoms with Crippen molar-refractivity contribution in [2.45, 2.75) is 12.1 Å². The number of carbonyl (C=O) groups is 3. The number of hydrogen-bond donors (Lipinski definition) is 0. The van der Waals surface area contributed by atoms with Crippen molar-refractivity contribution in [2.75, 3.05) is 4.90 Å². The maximum Gasteiger partial charge on any atom is 0.240 e. The number of nitrogens with zero attached hydrogens (tertiary/aromatic N) is 2. The number of rotatable bonds is 3. The third kappa shape index (κ3) is 3.39. The van der Waals surface area contributed by atoms with Gasteiger partial charge in [0.05, 0.1) is 28.6 Å². The Balaban J connectivity index is 1.50. The van der Waals surface area contributed by atoms with Gasteiger partial charge in [-0.2, -0.15) is 0 Å². The van der Waals surface area contributed by atoms with Crippen LogP contribution in [0, 0.1) is 11.8 Å². The Kier molecular flexibility index (Phi) is 5.36. The first-order valence-electron chi connectivity index (χ1n) is 11.0. The van der Waals surface area contributed by atoms with Crippen molar-refractivity contribution in [3.8, 4) is 0 Å². The lowest BCUT2D eigenvalue weighted by Gasteiger charge is -2.35. The first-order valence-corrected chi connectivity index (χ1v) is 12.6. The molecule has 0 bridgehead atoms. The minimum atomic E-state index is -0.884. The molecule has 0 spiro atoms. The van der Waals surface area contributed by atoms with Crippen LogP contribution in [0.1, 0.15) is 27.5 Å². The Morgan fingerprint density at radius 3 is 2.34 bits per heavy atom. The van der Waals surface area contributed by atoms with Crippen molar-refractivity contribution in [1.29, 1.82) is 0 Å². The molecular formula is C27H17BrCl2N2O3. The molecule has 5 nitrogen and oxygen atoms in total. The normalized spacial score (nSPS) is 24.4. The van der Waals surface area contributed by atoms with Gasteiger partial charge in [0.25, 0.3) is 0 Å². The van der Waals surface area contributed by atoms with Gasteiger partial charge in [0.2, 0.25) is 11.8 Å². The molecule has 4 atom stereocenters. The number of imide groups is 1. The number of anilines is 1. The molecule has 174 valence electrons. The van der Waals surface area contributed by atoms with E-state index >= 15 is 0 Å². The van der Waals surface area contributed by atoms with Crippen LogP contribution >= 0.6 is 39.1 Å². The van der Waals surface area contributed by atoms with Gasteiger partial charge in [-0.1, -0.05) is 63.4 Å². The topological polar surface area (TPSA) is 57.7 Å². The third-order valence-electron chi connectivity index (χ3n) is 7.01. The fourth-order valence-corrected chi connectivity index (χ4v) is 6.32. The summed E-state index contributed by atoms with van der Waals surface area (Å²) < 4.78 is 0.837. The predicted molar refractivity (Wildman–Crippen MR) is 138 cm³/mol. The first-order chi connectivity index (χ1) is 16.9. The number of halogens is 3. The molecule has 2 amide bonds. The summed E-state index contributed by atoms with van der Waals surface area (Å²) in [7, 11) is 0. The highest BCUT2D eigenvalue weighted by atomic mass is 79.9. The van der Waals surface area contributed by atoms with E-state index in [4.69, 9.17) is 23.2 Å². The van der Waals surface area contributed by atoms with E-state index < -0.39 is 23.9 Å². The number of amides is 2. The lowest BCUT2D eigenvalue weighted by molar-refractivity contribution is -0.123. The number of ketones is 1. The van der Waals surface area contributed by atoms with Gasteiger partial charge >= 0.3 is 0 Å². The fraction of sp³-hybridized carbons (Fsp3) is 0.148. The molecule has 2 saturated heterocycles. The Morgan fingerprint density at radius 2 is 1.60 bits per heavy atom. The van der Waals surface area contributed by atoms with E-state index in [2.05, 4.69) is 15.9 Å². The monoisotopic (exact) mass is 566 g/mol. The van der Waals surface area contributed by atoms with E-state index in [0.717, 1.165) is 15.6 Å². The summed E-state index contributed by atoms with van der Waals surface area (Å²) in [5.74, 6) is -2.57. The van der Waals surface area contributed by atoms with Crippen LogP contribution in [0.4, 0.5) is 5.69 Å². The Labute approximate surface area is 220 Å². The smallest absolute Gasteiger partial charge is 0.240 e. The average molecular weight is 568 g/mol. The molecule has 8 heteroatoms.